The molecule has 1 amide bonds. The van der Waals surface area contributed by atoms with Gasteiger partial charge >= 0.3 is 6.09 Å². The van der Waals surface area contributed by atoms with Crippen LogP contribution in [0.5, 0.6) is 0 Å². The summed E-state index contributed by atoms with van der Waals surface area (Å²) in [6.07, 6.45) is 6.15. The zero-order valence-electron chi connectivity index (χ0n) is 20.6. The summed E-state index contributed by atoms with van der Waals surface area (Å²) in [6.45, 7) is 6.18. The summed E-state index contributed by atoms with van der Waals surface area (Å²) in [5.74, 6) is 0.612. The lowest BCUT2D eigenvalue weighted by atomic mass is 10.2. The maximum Gasteiger partial charge on any atom is 0.419 e. The summed E-state index contributed by atoms with van der Waals surface area (Å²) in [6, 6.07) is 9.13. The molecule has 5 rings (SSSR count). The molecule has 9 nitrogen and oxygen atoms in total. The van der Waals surface area contributed by atoms with Gasteiger partial charge in [0.25, 0.3) is 0 Å². The normalized spacial score (nSPS) is 14.0. The van der Waals surface area contributed by atoms with E-state index in [4.69, 9.17) is 16.3 Å². The number of carbonyl (C=O) groups excluding carboxylic acids is 2. The third kappa shape index (κ3) is 4.66. The molecule has 4 heterocycles. The van der Waals surface area contributed by atoms with Crippen LogP contribution in [0.15, 0.2) is 48.9 Å². The fourth-order valence-corrected chi connectivity index (χ4v) is 4.49. The highest BCUT2D eigenvalue weighted by Gasteiger charge is 2.25. The van der Waals surface area contributed by atoms with Crippen molar-refractivity contribution in [3.63, 3.8) is 0 Å². The van der Waals surface area contributed by atoms with Crippen LogP contribution in [0, 0.1) is 0 Å². The molecule has 0 bridgehead atoms. The van der Waals surface area contributed by atoms with Crippen molar-refractivity contribution in [2.45, 2.75) is 39.2 Å². The number of benzene rings is 1. The molecule has 0 saturated carbocycles. The lowest BCUT2D eigenvalue weighted by molar-refractivity contribution is -0.117. The van der Waals surface area contributed by atoms with Crippen LogP contribution in [-0.2, 0) is 16.6 Å². The molecule has 0 atom stereocenters. The monoisotopic (exact) mass is 506 g/mol. The van der Waals surface area contributed by atoms with Gasteiger partial charge in [0.05, 0.1) is 28.1 Å². The van der Waals surface area contributed by atoms with Gasteiger partial charge in [0, 0.05) is 55.1 Å². The summed E-state index contributed by atoms with van der Waals surface area (Å²) in [7, 11) is 1.82. The van der Waals surface area contributed by atoms with Crippen LogP contribution in [0.3, 0.4) is 0 Å². The van der Waals surface area contributed by atoms with Gasteiger partial charge in [-0.1, -0.05) is 11.6 Å². The van der Waals surface area contributed by atoms with Crippen LogP contribution in [0.1, 0.15) is 33.6 Å². The number of hydrogen-bond donors (Lipinski definition) is 1. The Labute approximate surface area is 213 Å². The Bertz CT molecular complexity index is 1480. The van der Waals surface area contributed by atoms with E-state index >= 15 is 0 Å². The first-order chi connectivity index (χ1) is 17.1. The first-order valence-electron chi connectivity index (χ1n) is 11.7. The van der Waals surface area contributed by atoms with Gasteiger partial charge in [-0.3, -0.25) is 9.48 Å². The lowest BCUT2D eigenvalue weighted by Crippen LogP contribution is -2.27. The average molecular weight is 507 g/mol. The number of rotatable bonds is 4. The number of fused-ring (bicyclic) bond motifs is 1. The van der Waals surface area contributed by atoms with Crippen molar-refractivity contribution in [2.75, 3.05) is 16.8 Å². The zero-order chi connectivity index (χ0) is 25.6. The molecule has 1 aromatic carbocycles. The molecule has 3 aromatic heterocycles. The topological polar surface area (TPSA) is 94.3 Å². The first kappa shape index (κ1) is 23.9. The number of carbonyl (C=O) groups is 2. The van der Waals surface area contributed by atoms with E-state index in [9.17, 15) is 9.59 Å². The molecule has 0 aliphatic carbocycles. The van der Waals surface area contributed by atoms with E-state index in [1.807, 2.05) is 52.2 Å². The largest absolute Gasteiger partial charge is 0.443 e. The molecule has 1 N–H and O–H groups in total. The summed E-state index contributed by atoms with van der Waals surface area (Å²) < 4.78 is 8.93. The van der Waals surface area contributed by atoms with E-state index in [2.05, 4.69) is 15.4 Å². The van der Waals surface area contributed by atoms with E-state index in [1.54, 1.807) is 34.1 Å². The highest BCUT2D eigenvalue weighted by Crippen LogP contribution is 2.34. The fourth-order valence-electron chi connectivity index (χ4n) is 4.27. The van der Waals surface area contributed by atoms with E-state index in [0.29, 0.717) is 40.7 Å². The van der Waals surface area contributed by atoms with Gasteiger partial charge < -0.3 is 15.0 Å². The molecule has 1 fully saturated rings. The van der Waals surface area contributed by atoms with Crippen LogP contribution in [0.4, 0.5) is 22.0 Å². The summed E-state index contributed by atoms with van der Waals surface area (Å²) >= 11 is 6.55. The molecular formula is C26H27ClN6O3. The molecule has 4 aromatic rings. The average Bonchev–Trinajstić information content (AvgIpc) is 3.51. The second kappa shape index (κ2) is 8.98. The summed E-state index contributed by atoms with van der Waals surface area (Å²) in [4.78, 5) is 31.6. The summed E-state index contributed by atoms with van der Waals surface area (Å²) in [5.41, 5.74) is 2.82. The maximum absolute atomic E-state index is 13.3. The third-order valence-corrected chi connectivity index (χ3v) is 6.18. The quantitative estimate of drug-likeness (QED) is 0.379. The number of nitrogens with zero attached hydrogens (tertiary/aromatic N) is 5. The van der Waals surface area contributed by atoms with Crippen molar-refractivity contribution in [2.24, 2.45) is 7.05 Å². The minimum atomic E-state index is -0.667. The molecule has 1 saturated heterocycles. The number of nitrogens with one attached hydrogen (secondary N) is 1. The minimum Gasteiger partial charge on any atom is -0.443 e. The van der Waals surface area contributed by atoms with Gasteiger partial charge in [-0.25, -0.2) is 14.3 Å². The zero-order valence-corrected chi connectivity index (χ0v) is 21.3. The number of aromatic nitrogens is 4. The molecule has 0 radical (unpaired) electrons. The van der Waals surface area contributed by atoms with Gasteiger partial charge in [-0.05, 0) is 51.5 Å². The van der Waals surface area contributed by atoms with Crippen molar-refractivity contribution in [1.29, 1.82) is 0 Å². The Morgan fingerprint density at radius 2 is 1.97 bits per heavy atom. The Morgan fingerprint density at radius 3 is 2.61 bits per heavy atom. The minimum absolute atomic E-state index is 0.103. The summed E-state index contributed by atoms with van der Waals surface area (Å²) in [5, 5.41) is 8.72. The van der Waals surface area contributed by atoms with Gasteiger partial charge in [0.2, 0.25) is 5.91 Å². The molecule has 1 aliphatic heterocycles. The predicted molar refractivity (Wildman–Crippen MR) is 140 cm³/mol. The van der Waals surface area contributed by atoms with Crippen molar-refractivity contribution in [3.8, 4) is 11.3 Å². The number of amides is 1. The highest BCUT2D eigenvalue weighted by atomic mass is 35.5. The Balaban J connectivity index is 1.52. The number of halogens is 1. The molecular weight excluding hydrogens is 480 g/mol. The SMILES string of the molecule is Cn1cc(-c2cc3cnc(Nc4ccc(N5CCCC5=O)cc4Cl)cc3n2C(=O)OC(C)(C)C)cn1. The second-order valence-electron chi connectivity index (χ2n) is 9.81. The van der Waals surface area contributed by atoms with Gasteiger partial charge in [0.15, 0.2) is 0 Å². The van der Waals surface area contributed by atoms with Crippen LogP contribution in [0.2, 0.25) is 5.02 Å². The van der Waals surface area contributed by atoms with Gasteiger partial charge in [-0.15, -0.1) is 0 Å². The molecule has 0 unspecified atom stereocenters. The number of aryl methyl sites for hydroxylation is 1. The molecule has 1 aliphatic rings. The molecule has 0 spiro atoms. The Morgan fingerprint density at radius 1 is 1.17 bits per heavy atom. The molecule has 36 heavy (non-hydrogen) atoms. The lowest BCUT2D eigenvalue weighted by Gasteiger charge is -2.21. The number of ether oxygens (including phenoxy) is 1. The van der Waals surface area contributed by atoms with Crippen molar-refractivity contribution in [1.82, 2.24) is 19.3 Å². The van der Waals surface area contributed by atoms with E-state index in [0.717, 1.165) is 23.1 Å². The standard InChI is InChI=1S/C26H27ClN6O3/c1-26(2,3)36-25(35)33-21(17-14-29-31(4)15-17)10-16-13-28-23(12-22(16)33)30-20-8-7-18(11-19(20)27)32-9-5-6-24(32)34/h7-8,10-15H,5-6,9H2,1-4H3,(H,28,30). The van der Waals surface area contributed by atoms with Crippen LogP contribution in [-0.4, -0.2) is 43.5 Å². The Hall–Kier alpha value is -3.85. The van der Waals surface area contributed by atoms with Crippen molar-refractivity contribution < 1.29 is 14.3 Å². The maximum atomic E-state index is 13.3. The fraction of sp³-hybridized carbons (Fsp3) is 0.308. The highest BCUT2D eigenvalue weighted by molar-refractivity contribution is 6.33. The van der Waals surface area contributed by atoms with E-state index < -0.39 is 11.7 Å². The second-order valence-corrected chi connectivity index (χ2v) is 10.2. The Kier molecular flexibility index (Phi) is 5.96. The van der Waals surface area contributed by atoms with Crippen LogP contribution >= 0.6 is 11.6 Å². The van der Waals surface area contributed by atoms with E-state index in [-0.39, 0.29) is 5.91 Å². The van der Waals surface area contributed by atoms with Crippen LogP contribution in [0.25, 0.3) is 22.2 Å². The smallest absolute Gasteiger partial charge is 0.419 e. The third-order valence-electron chi connectivity index (χ3n) is 5.86. The molecule has 10 heteroatoms. The number of pyridine rings is 1. The predicted octanol–water partition coefficient (Wildman–Crippen LogP) is 5.74. The van der Waals surface area contributed by atoms with Gasteiger partial charge in [0.1, 0.15) is 11.4 Å². The first-order valence-corrected chi connectivity index (χ1v) is 12.1. The van der Waals surface area contributed by atoms with Crippen molar-refractivity contribution in [3.05, 3.63) is 53.9 Å². The van der Waals surface area contributed by atoms with E-state index in [1.165, 1.54) is 4.57 Å². The van der Waals surface area contributed by atoms with Crippen LogP contribution < -0.4 is 10.2 Å². The number of anilines is 3. The van der Waals surface area contributed by atoms with Gasteiger partial charge in [-0.2, -0.15) is 5.10 Å². The number of hydrogen-bond acceptors (Lipinski definition) is 6. The van der Waals surface area contributed by atoms with Crippen molar-refractivity contribution >= 4 is 51.7 Å². The molecule has 186 valence electrons.